The van der Waals surface area contributed by atoms with Crippen molar-refractivity contribution < 1.29 is 9.59 Å². The number of carbonyl (C=O) groups is 2. The molecule has 4 nitrogen and oxygen atoms in total. The van der Waals surface area contributed by atoms with Gasteiger partial charge >= 0.3 is 0 Å². The number of amides is 2. The van der Waals surface area contributed by atoms with E-state index in [9.17, 15) is 9.59 Å². The number of rotatable bonds is 8. The minimum absolute atomic E-state index is 0.0370. The van der Waals surface area contributed by atoms with Crippen molar-refractivity contribution in [2.24, 2.45) is 5.73 Å². The Kier molecular flexibility index (Phi) is 7.15. The molecule has 110 valence electrons. The maximum absolute atomic E-state index is 12.3. The molecule has 0 bridgehead atoms. The van der Waals surface area contributed by atoms with Gasteiger partial charge < -0.3 is 10.6 Å². The van der Waals surface area contributed by atoms with E-state index in [-0.39, 0.29) is 12.5 Å². The number of primary amides is 1. The molecule has 0 aliphatic heterocycles. The van der Waals surface area contributed by atoms with Gasteiger partial charge in [0.05, 0.1) is 11.8 Å². The Bertz CT molecular complexity index is 437. The van der Waals surface area contributed by atoms with Crippen LogP contribution in [0.5, 0.6) is 0 Å². The highest BCUT2D eigenvalue weighted by Gasteiger charge is 2.22. The average Bonchev–Trinajstić information content (AvgIpc) is 2.43. The van der Waals surface area contributed by atoms with Gasteiger partial charge in [0.2, 0.25) is 11.8 Å². The molecule has 0 aromatic heterocycles. The van der Waals surface area contributed by atoms with Gasteiger partial charge in [-0.25, -0.2) is 0 Å². The summed E-state index contributed by atoms with van der Waals surface area (Å²) in [5, 5.41) is -0.450. The first kappa shape index (κ1) is 16.6. The number of thiol groups is 1. The number of hydrogen-bond donors (Lipinski definition) is 2. The predicted molar refractivity (Wildman–Crippen MR) is 83.6 cm³/mol. The Morgan fingerprint density at radius 1 is 1.30 bits per heavy atom. The number of nitrogens with zero attached hydrogens (tertiary/aromatic N) is 1. The highest BCUT2D eigenvalue weighted by Crippen LogP contribution is 2.11. The lowest BCUT2D eigenvalue weighted by atomic mass is 10.1. The van der Waals surface area contributed by atoms with Crippen molar-refractivity contribution in [1.29, 1.82) is 0 Å². The summed E-state index contributed by atoms with van der Waals surface area (Å²) < 4.78 is 0. The van der Waals surface area contributed by atoms with Crippen molar-refractivity contribution >= 4 is 24.4 Å². The highest BCUT2D eigenvalue weighted by atomic mass is 32.1. The molecule has 0 heterocycles. The first-order valence-corrected chi connectivity index (χ1v) is 7.35. The lowest BCUT2D eigenvalue weighted by Crippen LogP contribution is -2.43. The Balaban J connectivity index is 2.64. The van der Waals surface area contributed by atoms with Crippen LogP contribution < -0.4 is 5.73 Å². The van der Waals surface area contributed by atoms with E-state index >= 15 is 0 Å². The summed E-state index contributed by atoms with van der Waals surface area (Å²) >= 11 is 4.38. The van der Waals surface area contributed by atoms with Gasteiger partial charge in [-0.1, -0.05) is 43.7 Å². The zero-order valence-corrected chi connectivity index (χ0v) is 12.7. The molecule has 0 radical (unpaired) electrons. The largest absolute Gasteiger partial charge is 0.368 e. The Morgan fingerprint density at radius 2 is 1.95 bits per heavy atom. The van der Waals surface area contributed by atoms with Crippen LogP contribution in [-0.2, 0) is 16.0 Å². The predicted octanol–water partition coefficient (Wildman–Crippen LogP) is 1.64. The molecule has 0 saturated carbocycles. The van der Waals surface area contributed by atoms with Crippen LogP contribution in [0.3, 0.4) is 0 Å². The maximum atomic E-state index is 12.3. The molecule has 1 aromatic carbocycles. The molecule has 1 atom stereocenters. The summed E-state index contributed by atoms with van der Waals surface area (Å²) in [6.45, 7) is 2.55. The summed E-state index contributed by atoms with van der Waals surface area (Å²) in [6, 6.07) is 9.71. The van der Waals surface area contributed by atoms with E-state index in [1.807, 2.05) is 37.3 Å². The third-order valence-electron chi connectivity index (χ3n) is 3.00. The van der Waals surface area contributed by atoms with E-state index in [1.54, 1.807) is 0 Å². The summed E-state index contributed by atoms with van der Waals surface area (Å²) in [6.07, 6.45) is 2.35. The zero-order chi connectivity index (χ0) is 15.0. The number of nitrogens with two attached hydrogens (primary N) is 1. The Labute approximate surface area is 125 Å². The number of hydrogen-bond acceptors (Lipinski definition) is 3. The molecular formula is C15H22N2O2S. The molecule has 1 aromatic rings. The van der Waals surface area contributed by atoms with Crippen molar-refractivity contribution in [1.82, 2.24) is 4.90 Å². The lowest BCUT2D eigenvalue weighted by molar-refractivity contribution is -0.134. The topological polar surface area (TPSA) is 63.4 Å². The maximum Gasteiger partial charge on any atom is 0.237 e. The molecule has 0 aliphatic rings. The summed E-state index contributed by atoms with van der Waals surface area (Å²) in [7, 11) is 0. The van der Waals surface area contributed by atoms with Gasteiger partial charge in [0.1, 0.15) is 0 Å². The van der Waals surface area contributed by atoms with Crippen LogP contribution in [0, 0.1) is 0 Å². The standard InChI is InChI=1S/C15H22N2O2S/c1-2-3-9-17(11-14(16)18)15(19)13(20)10-12-7-5-4-6-8-12/h4-8,13,20H,2-3,9-11H2,1H3,(H2,16,18). The van der Waals surface area contributed by atoms with E-state index in [0.717, 1.165) is 18.4 Å². The minimum Gasteiger partial charge on any atom is -0.368 e. The third kappa shape index (κ3) is 5.65. The number of benzene rings is 1. The van der Waals surface area contributed by atoms with E-state index in [1.165, 1.54) is 4.90 Å². The second kappa shape index (κ2) is 8.64. The smallest absolute Gasteiger partial charge is 0.237 e. The van der Waals surface area contributed by atoms with Gasteiger partial charge in [-0.3, -0.25) is 9.59 Å². The van der Waals surface area contributed by atoms with Gasteiger partial charge in [-0.15, -0.1) is 0 Å². The van der Waals surface area contributed by atoms with Crippen LogP contribution >= 0.6 is 12.6 Å². The van der Waals surface area contributed by atoms with E-state index in [4.69, 9.17) is 5.73 Å². The fourth-order valence-electron chi connectivity index (χ4n) is 1.94. The van der Waals surface area contributed by atoms with Crippen LogP contribution in [0.1, 0.15) is 25.3 Å². The van der Waals surface area contributed by atoms with Crippen LogP contribution in [0.2, 0.25) is 0 Å². The van der Waals surface area contributed by atoms with Crippen molar-refractivity contribution in [3.05, 3.63) is 35.9 Å². The van der Waals surface area contributed by atoms with Crippen molar-refractivity contribution in [3.63, 3.8) is 0 Å². The van der Waals surface area contributed by atoms with E-state index < -0.39 is 11.2 Å². The monoisotopic (exact) mass is 294 g/mol. The first-order valence-electron chi connectivity index (χ1n) is 6.83. The molecule has 5 heteroatoms. The molecule has 0 aliphatic carbocycles. The summed E-state index contributed by atoms with van der Waals surface area (Å²) in [5.41, 5.74) is 6.25. The first-order chi connectivity index (χ1) is 9.54. The molecular weight excluding hydrogens is 272 g/mol. The van der Waals surface area contributed by atoms with Crippen molar-refractivity contribution in [2.45, 2.75) is 31.4 Å². The van der Waals surface area contributed by atoms with Crippen molar-refractivity contribution in [3.8, 4) is 0 Å². The van der Waals surface area contributed by atoms with Gasteiger partial charge in [0, 0.05) is 6.54 Å². The normalized spacial score (nSPS) is 11.9. The summed E-state index contributed by atoms with van der Waals surface area (Å²) in [4.78, 5) is 24.9. The van der Waals surface area contributed by atoms with Crippen LogP contribution in [0.25, 0.3) is 0 Å². The Morgan fingerprint density at radius 3 is 2.50 bits per heavy atom. The SMILES string of the molecule is CCCCN(CC(N)=O)C(=O)C(S)Cc1ccccc1. The molecule has 0 fully saturated rings. The van der Waals surface area contributed by atoms with E-state index in [0.29, 0.717) is 13.0 Å². The average molecular weight is 294 g/mol. The second-order valence-corrected chi connectivity index (χ2v) is 5.41. The molecule has 2 N–H and O–H groups in total. The molecule has 1 rings (SSSR count). The molecule has 0 spiro atoms. The van der Waals surface area contributed by atoms with Gasteiger partial charge in [0.25, 0.3) is 0 Å². The third-order valence-corrected chi connectivity index (χ3v) is 3.40. The molecule has 0 saturated heterocycles. The number of carbonyl (C=O) groups excluding carboxylic acids is 2. The van der Waals surface area contributed by atoms with E-state index in [2.05, 4.69) is 12.6 Å². The molecule has 2 amide bonds. The fourth-order valence-corrected chi connectivity index (χ4v) is 2.31. The van der Waals surface area contributed by atoms with Crippen LogP contribution in [0.15, 0.2) is 30.3 Å². The zero-order valence-electron chi connectivity index (χ0n) is 11.8. The van der Waals surface area contributed by atoms with Crippen LogP contribution in [0.4, 0.5) is 0 Å². The van der Waals surface area contributed by atoms with Crippen molar-refractivity contribution in [2.75, 3.05) is 13.1 Å². The van der Waals surface area contributed by atoms with Gasteiger partial charge in [-0.2, -0.15) is 12.6 Å². The second-order valence-electron chi connectivity index (χ2n) is 4.79. The van der Waals surface area contributed by atoms with Gasteiger partial charge in [0.15, 0.2) is 0 Å². The Hall–Kier alpha value is -1.49. The molecule has 20 heavy (non-hydrogen) atoms. The summed E-state index contributed by atoms with van der Waals surface area (Å²) in [5.74, 6) is -0.626. The quantitative estimate of drug-likeness (QED) is 0.716. The van der Waals surface area contributed by atoms with Crippen LogP contribution in [-0.4, -0.2) is 35.1 Å². The van der Waals surface area contributed by atoms with Gasteiger partial charge in [-0.05, 0) is 18.4 Å². The highest BCUT2D eigenvalue weighted by molar-refractivity contribution is 7.81. The lowest BCUT2D eigenvalue weighted by Gasteiger charge is -2.24. The fraction of sp³-hybridized carbons (Fsp3) is 0.467. The molecule has 1 unspecified atom stereocenters. The minimum atomic E-state index is -0.491. The number of unbranched alkanes of at least 4 members (excludes halogenated alkanes) is 1.